The number of hydrogen-bond donors (Lipinski definition) is 2. The number of aromatic nitrogens is 1. The topological polar surface area (TPSA) is 48.5 Å². The fourth-order valence-electron chi connectivity index (χ4n) is 4.74. The molecular weight excluding hydrogens is 429 g/mol. The number of H-pyrrole nitrogens is 1. The molecule has 2 N–H and O–H groups in total. The molecule has 0 bridgehead atoms. The first-order chi connectivity index (χ1) is 15.8. The number of ether oxygens (including phenoxy) is 1. The third-order valence-electron chi connectivity index (χ3n) is 6.61. The van der Waals surface area contributed by atoms with Crippen molar-refractivity contribution in [3.8, 4) is 0 Å². The van der Waals surface area contributed by atoms with Gasteiger partial charge in [0.15, 0.2) is 0 Å². The summed E-state index contributed by atoms with van der Waals surface area (Å²) in [6.07, 6.45) is -3.71. The standard InChI is InChI=1S/C26H31F3N2O2/c1-25(18-27,21-7-4-5-19(13-21)16-31-9-11-33-12-10-31)17-26(32,24(28)29)15-22-14-20-6-2-3-8-23(20)30-22/h2-8,13-14,24,30,32H,9-12,15-18H2,1H3. The zero-order valence-electron chi connectivity index (χ0n) is 18.9. The first-order valence-electron chi connectivity index (χ1n) is 11.3. The Morgan fingerprint density at radius 1 is 1.09 bits per heavy atom. The summed E-state index contributed by atoms with van der Waals surface area (Å²) < 4.78 is 48.2. The molecule has 1 saturated heterocycles. The minimum atomic E-state index is -3.02. The van der Waals surface area contributed by atoms with E-state index in [-0.39, 0.29) is 6.42 Å². The summed E-state index contributed by atoms with van der Waals surface area (Å²) in [6.45, 7) is 4.44. The minimum absolute atomic E-state index is 0.289. The predicted octanol–water partition coefficient (Wildman–Crippen LogP) is 4.86. The lowest BCUT2D eigenvalue weighted by atomic mass is 9.73. The molecule has 1 aliphatic rings. The Morgan fingerprint density at radius 2 is 1.85 bits per heavy atom. The van der Waals surface area contributed by atoms with Crippen molar-refractivity contribution in [3.05, 3.63) is 71.4 Å². The fourth-order valence-corrected chi connectivity index (χ4v) is 4.74. The van der Waals surface area contributed by atoms with Gasteiger partial charge in [-0.2, -0.15) is 0 Å². The summed E-state index contributed by atoms with van der Waals surface area (Å²) in [7, 11) is 0. The van der Waals surface area contributed by atoms with Crippen molar-refractivity contribution in [2.24, 2.45) is 0 Å². The Bertz CT molecular complexity index is 1030. The van der Waals surface area contributed by atoms with E-state index >= 15 is 0 Å². The zero-order valence-corrected chi connectivity index (χ0v) is 18.9. The van der Waals surface area contributed by atoms with Gasteiger partial charge in [0.05, 0.1) is 19.9 Å². The van der Waals surface area contributed by atoms with Gasteiger partial charge >= 0.3 is 0 Å². The lowest BCUT2D eigenvalue weighted by Gasteiger charge is -2.37. The normalized spacial score (nSPS) is 19.0. The van der Waals surface area contributed by atoms with Crippen LogP contribution in [0.2, 0.25) is 0 Å². The average molecular weight is 461 g/mol. The van der Waals surface area contributed by atoms with Gasteiger partial charge in [-0.25, -0.2) is 8.78 Å². The molecule has 3 aromatic rings. The quantitative estimate of drug-likeness (QED) is 0.480. The highest BCUT2D eigenvalue weighted by Crippen LogP contribution is 2.38. The Balaban J connectivity index is 1.56. The van der Waals surface area contributed by atoms with Gasteiger partial charge in [0, 0.05) is 42.7 Å². The van der Waals surface area contributed by atoms with Gasteiger partial charge < -0.3 is 14.8 Å². The summed E-state index contributed by atoms with van der Waals surface area (Å²) in [5.41, 5.74) is -0.702. The summed E-state index contributed by atoms with van der Waals surface area (Å²) in [4.78, 5) is 5.35. The molecule has 1 aliphatic heterocycles. The summed E-state index contributed by atoms with van der Waals surface area (Å²) in [5.74, 6) is 0. The number of aliphatic hydroxyl groups is 1. The molecule has 0 spiro atoms. The van der Waals surface area contributed by atoms with E-state index in [1.165, 1.54) is 0 Å². The van der Waals surface area contributed by atoms with Crippen molar-refractivity contribution in [2.75, 3.05) is 33.0 Å². The van der Waals surface area contributed by atoms with Gasteiger partial charge in [-0.15, -0.1) is 0 Å². The van der Waals surface area contributed by atoms with Crippen LogP contribution in [0, 0.1) is 0 Å². The molecule has 1 fully saturated rings. The van der Waals surface area contributed by atoms with Crippen LogP contribution in [0.5, 0.6) is 0 Å². The van der Waals surface area contributed by atoms with Gasteiger partial charge in [-0.1, -0.05) is 49.4 Å². The molecule has 4 rings (SSSR count). The summed E-state index contributed by atoms with van der Waals surface area (Å²) in [5, 5.41) is 11.9. The van der Waals surface area contributed by atoms with Crippen LogP contribution < -0.4 is 0 Å². The third-order valence-corrected chi connectivity index (χ3v) is 6.61. The molecule has 0 aliphatic carbocycles. The molecule has 4 nitrogen and oxygen atoms in total. The Morgan fingerprint density at radius 3 is 2.55 bits per heavy atom. The van der Waals surface area contributed by atoms with Crippen LogP contribution in [0.4, 0.5) is 13.2 Å². The monoisotopic (exact) mass is 460 g/mol. The van der Waals surface area contributed by atoms with Gasteiger partial charge in [-0.3, -0.25) is 9.29 Å². The molecule has 2 heterocycles. The van der Waals surface area contributed by atoms with Crippen molar-refractivity contribution in [1.29, 1.82) is 0 Å². The van der Waals surface area contributed by atoms with Crippen molar-refractivity contribution in [3.63, 3.8) is 0 Å². The Kier molecular flexibility index (Phi) is 7.12. The first kappa shape index (κ1) is 23.8. The van der Waals surface area contributed by atoms with Gasteiger partial charge in [-0.05, 0) is 35.1 Å². The average Bonchev–Trinajstić information content (AvgIpc) is 3.21. The van der Waals surface area contributed by atoms with E-state index in [0.29, 0.717) is 31.0 Å². The maximum Gasteiger partial charge on any atom is 0.267 e. The molecule has 178 valence electrons. The Hall–Kier alpha value is -2.35. The lowest BCUT2D eigenvalue weighted by Crippen LogP contribution is -2.46. The molecule has 7 heteroatoms. The third kappa shape index (κ3) is 5.42. The van der Waals surface area contributed by atoms with Crippen molar-refractivity contribution < 1.29 is 23.0 Å². The van der Waals surface area contributed by atoms with E-state index in [1.807, 2.05) is 42.5 Å². The number of nitrogens with one attached hydrogen (secondary N) is 1. The summed E-state index contributed by atoms with van der Waals surface area (Å²) >= 11 is 0. The second-order valence-corrected chi connectivity index (χ2v) is 9.42. The van der Waals surface area contributed by atoms with Crippen LogP contribution in [-0.2, 0) is 23.1 Å². The van der Waals surface area contributed by atoms with Crippen LogP contribution in [0.3, 0.4) is 0 Å². The van der Waals surface area contributed by atoms with Crippen molar-refractivity contribution >= 4 is 10.9 Å². The molecular formula is C26H31F3N2O2. The lowest BCUT2D eigenvalue weighted by molar-refractivity contribution is -0.113. The number of halogens is 3. The van der Waals surface area contributed by atoms with Crippen LogP contribution in [-0.4, -0.2) is 60.0 Å². The number of alkyl halides is 3. The van der Waals surface area contributed by atoms with E-state index in [4.69, 9.17) is 4.74 Å². The number of morpholine rings is 1. The maximum atomic E-state index is 14.4. The molecule has 2 atom stereocenters. The second-order valence-electron chi connectivity index (χ2n) is 9.42. The smallest absolute Gasteiger partial charge is 0.267 e. The largest absolute Gasteiger partial charge is 0.383 e. The van der Waals surface area contributed by atoms with Crippen molar-refractivity contribution in [1.82, 2.24) is 9.88 Å². The Labute approximate surface area is 192 Å². The molecule has 0 saturated carbocycles. The molecule has 0 amide bonds. The fraction of sp³-hybridized carbons (Fsp3) is 0.462. The van der Waals surface area contributed by atoms with E-state index in [1.54, 1.807) is 19.1 Å². The minimum Gasteiger partial charge on any atom is -0.383 e. The van der Waals surface area contributed by atoms with E-state index < -0.39 is 30.5 Å². The highest BCUT2D eigenvalue weighted by Gasteiger charge is 2.45. The number of nitrogens with zero attached hydrogens (tertiary/aromatic N) is 1. The van der Waals surface area contributed by atoms with Gasteiger partial charge in [0.2, 0.25) is 0 Å². The second kappa shape index (κ2) is 9.87. The van der Waals surface area contributed by atoms with E-state index in [2.05, 4.69) is 9.88 Å². The van der Waals surface area contributed by atoms with Crippen molar-refractivity contribution in [2.45, 2.75) is 43.8 Å². The van der Waals surface area contributed by atoms with Gasteiger partial charge in [0.1, 0.15) is 5.60 Å². The molecule has 1 aromatic heterocycles. The predicted molar refractivity (Wildman–Crippen MR) is 123 cm³/mol. The first-order valence-corrected chi connectivity index (χ1v) is 11.3. The van der Waals surface area contributed by atoms with E-state index in [9.17, 15) is 18.3 Å². The zero-order chi connectivity index (χ0) is 23.5. The van der Waals surface area contributed by atoms with Gasteiger partial charge in [0.25, 0.3) is 6.43 Å². The van der Waals surface area contributed by atoms with Crippen LogP contribution >= 0.6 is 0 Å². The van der Waals surface area contributed by atoms with Crippen LogP contribution in [0.25, 0.3) is 10.9 Å². The number of aromatic amines is 1. The molecule has 0 radical (unpaired) electrons. The number of benzene rings is 2. The molecule has 2 unspecified atom stereocenters. The molecule has 33 heavy (non-hydrogen) atoms. The number of rotatable bonds is 9. The summed E-state index contributed by atoms with van der Waals surface area (Å²) in [6, 6.07) is 16.6. The number of hydrogen-bond acceptors (Lipinski definition) is 3. The number of para-hydroxylation sites is 1. The SMILES string of the molecule is CC(CF)(CC(O)(Cc1cc2ccccc2[nH]1)C(F)F)c1cccc(CN2CCOCC2)c1. The number of fused-ring (bicyclic) bond motifs is 1. The maximum absolute atomic E-state index is 14.4. The van der Waals surface area contributed by atoms with E-state index in [0.717, 1.165) is 29.6 Å². The van der Waals surface area contributed by atoms with Crippen LogP contribution in [0.15, 0.2) is 54.6 Å². The van der Waals surface area contributed by atoms with Crippen LogP contribution in [0.1, 0.15) is 30.2 Å². The highest BCUT2D eigenvalue weighted by molar-refractivity contribution is 5.80. The highest BCUT2D eigenvalue weighted by atomic mass is 19.3. The molecule has 2 aromatic carbocycles.